The van der Waals surface area contributed by atoms with Gasteiger partial charge in [0.1, 0.15) is 0 Å². The van der Waals surface area contributed by atoms with Crippen molar-refractivity contribution in [2.24, 2.45) is 17.3 Å². The fraction of sp³-hybridized carbons (Fsp3) is 0. The molecule has 0 fully saturated rings. The molecule has 0 amide bonds. The van der Waals surface area contributed by atoms with Gasteiger partial charge in [0.15, 0.2) is 0 Å². The number of rotatable bonds is 3. The zero-order valence-electron chi connectivity index (χ0n) is 10.5. The van der Waals surface area contributed by atoms with Gasteiger partial charge in [-0.05, 0) is 0 Å². The molecule has 1 rings (SSSR count). The Morgan fingerprint density at radius 2 is 1.45 bits per heavy atom. The highest BCUT2D eigenvalue weighted by Crippen LogP contribution is 2.46. The standard InChI is InChI=1S/C6H3N3O8.CH6N4/c10-5-2(7(12)13)1-3(8(14)15)6(11)4(5)9(16)17;2-1(3)5-4/h1,10-11H;4H2,(H4,2,3,5). The molecular formula is C7H9N7O8. The summed E-state index contributed by atoms with van der Waals surface area (Å²) in [5, 5.41) is 53.4. The number of aromatic hydroxyl groups is 1. The maximum atomic E-state index is 11.2. The number of phenolic OH excluding ortho intramolecular Hbond substituents is 1. The van der Waals surface area contributed by atoms with Crippen molar-refractivity contribution >= 4 is 23.0 Å². The number of nitrogens with zero attached hydrogens (tertiary/aromatic N) is 3. The minimum Gasteiger partial charge on any atom is -0.863 e. The van der Waals surface area contributed by atoms with Gasteiger partial charge in [0.05, 0.1) is 26.6 Å². The summed E-state index contributed by atoms with van der Waals surface area (Å²) in [5.41, 5.74) is 5.29. The molecule has 0 heterocycles. The van der Waals surface area contributed by atoms with Crippen LogP contribution in [0.1, 0.15) is 0 Å². The molecule has 0 spiro atoms. The van der Waals surface area contributed by atoms with Gasteiger partial charge in [0.2, 0.25) is 0 Å². The summed E-state index contributed by atoms with van der Waals surface area (Å²) in [5.74, 6) is 1.47. The Morgan fingerprint density at radius 1 is 1.05 bits per heavy atom. The SMILES string of the molecule is N[NH+]=C(N)N.O=[N+]([O-])c1cc([N+](=O)[O-])c(O)c([N+](=O)[O-])c1[O-]. The average Bonchev–Trinajstić information content (AvgIpc) is 2.38. The predicted octanol–water partition coefficient (Wildman–Crippen LogP) is -3.60. The minimum atomic E-state index is -1.69. The Morgan fingerprint density at radius 3 is 1.73 bits per heavy atom. The zero-order chi connectivity index (χ0) is 17.6. The van der Waals surface area contributed by atoms with Crippen LogP contribution in [0.2, 0.25) is 0 Å². The Kier molecular flexibility index (Phi) is 5.78. The van der Waals surface area contributed by atoms with E-state index < -0.39 is 43.3 Å². The third-order valence-electron chi connectivity index (χ3n) is 1.93. The molecular weight excluding hydrogens is 310 g/mol. The molecule has 120 valence electrons. The molecule has 15 nitrogen and oxygen atoms in total. The van der Waals surface area contributed by atoms with Crippen molar-refractivity contribution in [3.63, 3.8) is 0 Å². The summed E-state index contributed by atoms with van der Waals surface area (Å²) in [7, 11) is 0. The van der Waals surface area contributed by atoms with Crippen LogP contribution in [-0.4, -0.2) is 25.8 Å². The number of nitro benzene ring substituents is 3. The van der Waals surface area contributed by atoms with Gasteiger partial charge in [-0.25, -0.2) is 0 Å². The van der Waals surface area contributed by atoms with Crippen molar-refractivity contribution in [3.05, 3.63) is 36.4 Å². The molecule has 0 unspecified atom stereocenters. The first kappa shape index (κ1) is 18.1. The Bertz CT molecular complexity index is 614. The Balaban J connectivity index is 0.000000763. The van der Waals surface area contributed by atoms with Crippen molar-refractivity contribution in [1.29, 1.82) is 0 Å². The van der Waals surface area contributed by atoms with Gasteiger partial charge in [0, 0.05) is 0 Å². The number of nitrogens with one attached hydrogen (secondary N) is 1. The highest BCUT2D eigenvalue weighted by molar-refractivity contribution is 5.73. The molecule has 8 N–H and O–H groups in total. The third kappa shape index (κ3) is 4.05. The second-order valence-corrected chi connectivity index (χ2v) is 3.31. The lowest BCUT2D eigenvalue weighted by Gasteiger charge is -2.08. The number of nitrogens with two attached hydrogens (primary N) is 3. The average molecular weight is 319 g/mol. The number of guanidine groups is 1. The van der Waals surface area contributed by atoms with Crippen LogP contribution >= 0.6 is 0 Å². The molecule has 15 heteroatoms. The minimum absolute atomic E-state index is 0.0324. The molecule has 0 aromatic heterocycles. The molecule has 0 aliphatic carbocycles. The van der Waals surface area contributed by atoms with Gasteiger partial charge < -0.3 is 10.2 Å². The largest absolute Gasteiger partial charge is 0.863 e. The fourth-order valence-corrected chi connectivity index (χ4v) is 1.06. The number of benzene rings is 1. The number of phenols is 1. The first-order valence-electron chi connectivity index (χ1n) is 4.89. The number of hydrogen-bond acceptors (Lipinski definition) is 9. The van der Waals surface area contributed by atoms with Crippen molar-refractivity contribution in [2.45, 2.75) is 0 Å². The number of hydrazone groups is 1. The molecule has 0 atom stereocenters. The highest BCUT2D eigenvalue weighted by atomic mass is 16.6. The van der Waals surface area contributed by atoms with E-state index in [0.717, 1.165) is 0 Å². The van der Waals surface area contributed by atoms with Crippen molar-refractivity contribution in [3.8, 4) is 11.5 Å². The van der Waals surface area contributed by atoms with E-state index in [0.29, 0.717) is 0 Å². The van der Waals surface area contributed by atoms with E-state index in [9.17, 15) is 35.4 Å². The molecule has 1 aromatic carbocycles. The van der Waals surface area contributed by atoms with Gasteiger partial charge >= 0.3 is 17.3 Å². The van der Waals surface area contributed by atoms with E-state index in [1.807, 2.05) is 5.10 Å². The summed E-state index contributed by atoms with van der Waals surface area (Å²) in [4.78, 5) is 27.1. The lowest BCUT2D eigenvalue weighted by Crippen LogP contribution is -2.84. The van der Waals surface area contributed by atoms with E-state index in [1.165, 1.54) is 0 Å². The van der Waals surface area contributed by atoms with Crippen molar-refractivity contribution in [1.82, 2.24) is 0 Å². The Hall–Kier alpha value is -3.91. The lowest BCUT2D eigenvalue weighted by molar-refractivity contribution is -0.471. The van der Waals surface area contributed by atoms with Gasteiger partial charge in [-0.15, -0.1) is 0 Å². The lowest BCUT2D eigenvalue weighted by atomic mass is 10.2. The molecule has 1 aromatic rings. The van der Waals surface area contributed by atoms with Gasteiger partial charge in [-0.2, -0.15) is 5.10 Å². The molecule has 0 radical (unpaired) electrons. The zero-order valence-corrected chi connectivity index (χ0v) is 10.5. The summed E-state index contributed by atoms with van der Waals surface area (Å²) in [6.07, 6.45) is 0. The van der Waals surface area contributed by atoms with Crippen molar-refractivity contribution < 1.29 is 30.1 Å². The smallest absolute Gasteiger partial charge is 0.360 e. The number of hydrogen-bond donors (Lipinski definition) is 5. The fourth-order valence-electron chi connectivity index (χ4n) is 1.06. The molecule has 0 bridgehead atoms. The van der Waals surface area contributed by atoms with Crippen LogP contribution in [0, 0.1) is 30.3 Å². The normalized spacial score (nSPS) is 9.09. The van der Waals surface area contributed by atoms with E-state index in [1.54, 1.807) is 0 Å². The second-order valence-electron chi connectivity index (χ2n) is 3.31. The van der Waals surface area contributed by atoms with E-state index in [-0.39, 0.29) is 12.0 Å². The molecule has 22 heavy (non-hydrogen) atoms. The molecule has 0 aliphatic heterocycles. The summed E-state index contributed by atoms with van der Waals surface area (Å²) >= 11 is 0. The summed E-state index contributed by atoms with van der Waals surface area (Å²) in [6.45, 7) is 0. The highest BCUT2D eigenvalue weighted by Gasteiger charge is 2.32. The molecule has 0 saturated heterocycles. The van der Waals surface area contributed by atoms with Crippen molar-refractivity contribution in [2.75, 3.05) is 0 Å². The summed E-state index contributed by atoms with van der Waals surface area (Å²) < 4.78 is 0. The monoisotopic (exact) mass is 319 g/mol. The van der Waals surface area contributed by atoms with Crippen LogP contribution < -0.4 is 27.5 Å². The predicted molar refractivity (Wildman–Crippen MR) is 66.0 cm³/mol. The third-order valence-corrected chi connectivity index (χ3v) is 1.93. The van der Waals surface area contributed by atoms with E-state index in [4.69, 9.17) is 16.6 Å². The second kappa shape index (κ2) is 7.03. The topological polar surface area (TPSA) is 265 Å². The van der Waals surface area contributed by atoms with E-state index in [2.05, 4.69) is 5.84 Å². The van der Waals surface area contributed by atoms with Gasteiger partial charge in [-0.3, -0.25) is 47.7 Å². The Labute approximate surface area is 119 Å². The van der Waals surface area contributed by atoms with Gasteiger partial charge in [-0.1, -0.05) is 0 Å². The van der Waals surface area contributed by atoms with Crippen LogP contribution in [0.3, 0.4) is 0 Å². The first-order valence-corrected chi connectivity index (χ1v) is 4.89. The number of hydrazine groups is 1. The quantitative estimate of drug-likeness (QED) is 0.119. The van der Waals surface area contributed by atoms with Crippen LogP contribution in [-0.2, 0) is 0 Å². The first-order chi connectivity index (χ1) is 10.0. The van der Waals surface area contributed by atoms with Crippen LogP contribution in [0.5, 0.6) is 11.5 Å². The van der Waals surface area contributed by atoms with Crippen LogP contribution in [0.25, 0.3) is 0 Å². The van der Waals surface area contributed by atoms with E-state index >= 15 is 0 Å². The maximum absolute atomic E-state index is 11.2. The van der Waals surface area contributed by atoms with Crippen LogP contribution in [0.15, 0.2) is 6.07 Å². The summed E-state index contributed by atoms with van der Waals surface area (Å²) in [6, 6.07) is 0.171. The number of nitro groups is 3. The van der Waals surface area contributed by atoms with Crippen LogP contribution in [0.4, 0.5) is 17.1 Å². The maximum Gasteiger partial charge on any atom is 0.360 e. The molecule has 0 saturated carbocycles. The molecule has 0 aliphatic rings. The van der Waals surface area contributed by atoms with Gasteiger partial charge in [0.25, 0.3) is 11.4 Å².